The van der Waals surface area contributed by atoms with Crippen LogP contribution >= 0.6 is 0 Å². The Bertz CT molecular complexity index is 1280. The van der Waals surface area contributed by atoms with Gasteiger partial charge in [-0.05, 0) is 32.0 Å². The molecule has 0 radical (unpaired) electrons. The summed E-state index contributed by atoms with van der Waals surface area (Å²) in [5.41, 5.74) is 0.427. The van der Waals surface area contributed by atoms with Gasteiger partial charge in [-0.15, -0.1) is 0 Å². The molecule has 166 valence electrons. The Morgan fingerprint density at radius 1 is 1.12 bits per heavy atom. The molecule has 3 aromatic rings. The third-order valence-corrected chi connectivity index (χ3v) is 5.38. The van der Waals surface area contributed by atoms with Gasteiger partial charge >= 0.3 is 0 Å². The van der Waals surface area contributed by atoms with E-state index in [1.807, 2.05) is 13.8 Å². The van der Waals surface area contributed by atoms with Crippen molar-refractivity contribution in [3.63, 3.8) is 0 Å². The highest BCUT2D eigenvalue weighted by Crippen LogP contribution is 2.28. The Morgan fingerprint density at radius 3 is 2.47 bits per heavy atom. The zero-order chi connectivity index (χ0) is 23.2. The number of hydrogen-bond donors (Lipinski definition) is 1. The van der Waals surface area contributed by atoms with E-state index < -0.39 is 35.2 Å². The quantitative estimate of drug-likeness (QED) is 0.626. The highest BCUT2D eigenvalue weighted by molar-refractivity contribution is 6.04. The third kappa shape index (κ3) is 3.83. The van der Waals surface area contributed by atoms with Crippen molar-refractivity contribution in [2.45, 2.75) is 26.3 Å². The van der Waals surface area contributed by atoms with Crippen molar-refractivity contribution in [3.05, 3.63) is 64.5 Å². The molecule has 10 heteroatoms. The third-order valence-electron chi connectivity index (χ3n) is 5.38. The van der Waals surface area contributed by atoms with Crippen LogP contribution in [0.2, 0.25) is 0 Å². The summed E-state index contributed by atoms with van der Waals surface area (Å²) in [4.78, 5) is 43.0. The van der Waals surface area contributed by atoms with E-state index in [-0.39, 0.29) is 30.3 Å². The zero-order valence-corrected chi connectivity index (χ0v) is 17.2. The maximum absolute atomic E-state index is 13.5. The number of amides is 2. The van der Waals surface area contributed by atoms with E-state index in [2.05, 4.69) is 10.3 Å². The second-order valence-corrected chi connectivity index (χ2v) is 7.90. The SMILES string of the molecule is CC(C)n1cnc2ccc(NC(=O)[C@@H]3CC(=O)N(c4cc(F)c(F)c(F)c4)C3)cc2c1=O. The minimum Gasteiger partial charge on any atom is -0.326 e. The first-order valence-corrected chi connectivity index (χ1v) is 9.92. The molecule has 1 aliphatic heterocycles. The molecule has 2 aromatic carbocycles. The number of aromatic nitrogens is 2. The highest BCUT2D eigenvalue weighted by Gasteiger charge is 2.36. The number of benzene rings is 2. The summed E-state index contributed by atoms with van der Waals surface area (Å²) in [5.74, 6) is -6.27. The molecule has 1 aromatic heterocycles. The zero-order valence-electron chi connectivity index (χ0n) is 17.2. The fourth-order valence-electron chi connectivity index (χ4n) is 3.66. The fourth-order valence-corrected chi connectivity index (χ4v) is 3.66. The van der Waals surface area contributed by atoms with Crippen LogP contribution in [0, 0.1) is 23.4 Å². The van der Waals surface area contributed by atoms with Gasteiger partial charge in [0.05, 0.1) is 23.1 Å². The Hall–Kier alpha value is -3.69. The minimum absolute atomic E-state index is 0.0886. The van der Waals surface area contributed by atoms with Crippen molar-refractivity contribution in [2.24, 2.45) is 5.92 Å². The molecule has 2 amide bonds. The molecule has 0 unspecified atom stereocenters. The van der Waals surface area contributed by atoms with E-state index in [0.29, 0.717) is 28.7 Å². The van der Waals surface area contributed by atoms with Crippen molar-refractivity contribution in [1.29, 1.82) is 0 Å². The Labute approximate surface area is 180 Å². The molecule has 1 aliphatic rings. The molecule has 7 nitrogen and oxygen atoms in total. The van der Waals surface area contributed by atoms with E-state index >= 15 is 0 Å². The Balaban J connectivity index is 1.54. The van der Waals surface area contributed by atoms with Crippen LogP contribution in [0.25, 0.3) is 10.9 Å². The van der Waals surface area contributed by atoms with Crippen LogP contribution in [-0.2, 0) is 9.59 Å². The summed E-state index contributed by atoms with van der Waals surface area (Å²) in [6.07, 6.45) is 1.29. The van der Waals surface area contributed by atoms with Gasteiger partial charge in [-0.2, -0.15) is 0 Å². The number of carbonyl (C=O) groups excluding carboxylic acids is 2. The van der Waals surface area contributed by atoms with Gasteiger partial charge in [-0.1, -0.05) is 0 Å². The standard InChI is InChI=1S/C22H19F3N4O3/c1-11(2)29-10-26-18-4-3-13(6-15(18)22(29)32)27-21(31)12-5-19(30)28(9-12)14-7-16(23)20(25)17(24)8-14/h3-4,6-8,10-12H,5,9H2,1-2H3,(H,27,31)/t12-/m1/s1. The van der Waals surface area contributed by atoms with E-state index in [9.17, 15) is 27.6 Å². The average molecular weight is 444 g/mol. The van der Waals surface area contributed by atoms with E-state index in [4.69, 9.17) is 0 Å². The molecule has 1 saturated heterocycles. The lowest BCUT2D eigenvalue weighted by molar-refractivity contribution is -0.122. The normalized spacial score (nSPS) is 16.2. The van der Waals surface area contributed by atoms with Gasteiger partial charge in [0.1, 0.15) is 0 Å². The monoisotopic (exact) mass is 444 g/mol. The lowest BCUT2D eigenvalue weighted by atomic mass is 10.1. The largest absolute Gasteiger partial charge is 0.326 e. The molecule has 2 heterocycles. The first kappa shape index (κ1) is 21.5. The van der Waals surface area contributed by atoms with Crippen molar-refractivity contribution in [1.82, 2.24) is 9.55 Å². The molecule has 4 rings (SSSR count). The van der Waals surface area contributed by atoms with Crippen molar-refractivity contribution < 1.29 is 22.8 Å². The first-order chi connectivity index (χ1) is 15.2. The number of anilines is 2. The molecule has 0 saturated carbocycles. The van der Waals surface area contributed by atoms with E-state index in [1.165, 1.54) is 17.0 Å². The number of rotatable bonds is 4. The smallest absolute Gasteiger partial charge is 0.261 e. The molecule has 0 aliphatic carbocycles. The van der Waals surface area contributed by atoms with Gasteiger partial charge in [0.25, 0.3) is 5.56 Å². The van der Waals surface area contributed by atoms with Crippen LogP contribution in [0.3, 0.4) is 0 Å². The van der Waals surface area contributed by atoms with Crippen molar-refractivity contribution in [3.8, 4) is 0 Å². The highest BCUT2D eigenvalue weighted by atomic mass is 19.2. The molecular formula is C22H19F3N4O3. The van der Waals surface area contributed by atoms with Gasteiger partial charge in [0, 0.05) is 42.5 Å². The molecule has 1 atom stereocenters. The van der Waals surface area contributed by atoms with Crippen LogP contribution in [0.15, 0.2) is 41.5 Å². The van der Waals surface area contributed by atoms with Crippen LogP contribution in [0.1, 0.15) is 26.3 Å². The second-order valence-electron chi connectivity index (χ2n) is 7.90. The summed E-state index contributed by atoms with van der Waals surface area (Å²) in [7, 11) is 0. The maximum Gasteiger partial charge on any atom is 0.261 e. The van der Waals surface area contributed by atoms with Crippen LogP contribution in [0.5, 0.6) is 0 Å². The number of nitrogens with one attached hydrogen (secondary N) is 1. The molecule has 0 spiro atoms. The number of hydrogen-bond acceptors (Lipinski definition) is 4. The molecule has 32 heavy (non-hydrogen) atoms. The summed E-state index contributed by atoms with van der Waals surface area (Å²) in [5, 5.41) is 3.01. The van der Waals surface area contributed by atoms with E-state index in [1.54, 1.807) is 12.1 Å². The predicted octanol–water partition coefficient (Wildman–Crippen LogP) is 3.39. The number of halogens is 3. The van der Waals surface area contributed by atoms with Crippen molar-refractivity contribution >= 4 is 34.1 Å². The molecule has 1 N–H and O–H groups in total. The maximum atomic E-state index is 13.5. The first-order valence-electron chi connectivity index (χ1n) is 9.92. The molecular weight excluding hydrogens is 425 g/mol. The summed E-state index contributed by atoms with van der Waals surface area (Å²) in [6.45, 7) is 3.58. The van der Waals surface area contributed by atoms with Crippen molar-refractivity contribution in [2.75, 3.05) is 16.8 Å². The van der Waals surface area contributed by atoms with Crippen LogP contribution in [0.4, 0.5) is 24.5 Å². The van der Waals surface area contributed by atoms with E-state index in [0.717, 1.165) is 4.90 Å². The second kappa shape index (κ2) is 8.10. The van der Waals surface area contributed by atoms with Gasteiger partial charge in [0.15, 0.2) is 17.5 Å². The lowest BCUT2D eigenvalue weighted by Gasteiger charge is -2.17. The summed E-state index contributed by atoms with van der Waals surface area (Å²) >= 11 is 0. The molecule has 0 bridgehead atoms. The van der Waals surface area contributed by atoms with Crippen LogP contribution < -0.4 is 15.8 Å². The average Bonchev–Trinajstić information content (AvgIpc) is 3.14. The lowest BCUT2D eigenvalue weighted by Crippen LogP contribution is -2.28. The topological polar surface area (TPSA) is 84.3 Å². The number of carbonyl (C=O) groups is 2. The van der Waals surface area contributed by atoms with Crippen LogP contribution in [-0.4, -0.2) is 27.9 Å². The van der Waals surface area contributed by atoms with Gasteiger partial charge in [0.2, 0.25) is 11.8 Å². The number of fused-ring (bicyclic) bond motifs is 1. The molecule has 1 fully saturated rings. The Kier molecular flexibility index (Phi) is 5.45. The van der Waals surface area contributed by atoms with Gasteiger partial charge in [-0.3, -0.25) is 19.0 Å². The minimum atomic E-state index is -1.63. The summed E-state index contributed by atoms with van der Waals surface area (Å²) in [6, 6.07) is 6.05. The van der Waals surface area contributed by atoms with Gasteiger partial charge < -0.3 is 10.2 Å². The predicted molar refractivity (Wildman–Crippen MR) is 112 cm³/mol. The fraction of sp³-hybridized carbons (Fsp3) is 0.273. The summed E-state index contributed by atoms with van der Waals surface area (Å²) < 4.78 is 41.8. The Morgan fingerprint density at radius 2 is 1.81 bits per heavy atom. The van der Waals surface area contributed by atoms with Gasteiger partial charge in [-0.25, -0.2) is 18.2 Å². The number of nitrogens with zero attached hydrogens (tertiary/aromatic N) is 3.